The highest BCUT2D eigenvalue weighted by atomic mass is 16.5. The van der Waals surface area contributed by atoms with Crippen molar-refractivity contribution < 1.29 is 14.2 Å². The van der Waals surface area contributed by atoms with Crippen molar-refractivity contribution in [3.05, 3.63) is 23.8 Å². The van der Waals surface area contributed by atoms with Crippen molar-refractivity contribution in [1.82, 2.24) is 0 Å². The topological polar surface area (TPSA) is 39.7 Å². The molecular weight excluding hydrogens is 230 g/mol. The predicted octanol–water partition coefficient (Wildman–Crippen LogP) is 2.47. The molecule has 18 heavy (non-hydrogen) atoms. The monoisotopic (exact) mass is 253 g/mol. The smallest absolute Gasteiger partial charge is 0.119 e. The van der Waals surface area contributed by atoms with E-state index in [1.54, 1.807) is 14.2 Å². The average molecular weight is 253 g/mol. The molecule has 0 atom stereocenters. The lowest BCUT2D eigenvalue weighted by molar-refractivity contribution is 0.0705. The molecule has 102 valence electrons. The summed E-state index contributed by atoms with van der Waals surface area (Å²) in [7, 11) is 3.36. The van der Waals surface area contributed by atoms with Gasteiger partial charge in [-0.3, -0.25) is 0 Å². The predicted molar refractivity (Wildman–Crippen MR) is 73.5 cm³/mol. The minimum Gasteiger partial charge on any atom is -0.497 e. The van der Waals surface area contributed by atoms with Crippen LogP contribution >= 0.6 is 0 Å². The van der Waals surface area contributed by atoms with Crippen molar-refractivity contribution >= 4 is 5.69 Å². The number of aryl methyl sites for hydroxylation is 1. The first-order valence-electron chi connectivity index (χ1n) is 6.23. The van der Waals surface area contributed by atoms with Gasteiger partial charge in [0.15, 0.2) is 0 Å². The van der Waals surface area contributed by atoms with Gasteiger partial charge in [0.2, 0.25) is 0 Å². The molecule has 0 bridgehead atoms. The lowest BCUT2D eigenvalue weighted by Gasteiger charge is -2.11. The van der Waals surface area contributed by atoms with Crippen LogP contribution in [0.25, 0.3) is 0 Å². The number of anilines is 1. The van der Waals surface area contributed by atoms with Gasteiger partial charge in [-0.2, -0.15) is 0 Å². The third-order valence-corrected chi connectivity index (χ3v) is 2.65. The van der Waals surface area contributed by atoms with E-state index in [9.17, 15) is 0 Å². The zero-order valence-corrected chi connectivity index (χ0v) is 11.5. The Morgan fingerprint density at radius 1 is 1.11 bits per heavy atom. The van der Waals surface area contributed by atoms with Gasteiger partial charge in [0.25, 0.3) is 0 Å². The van der Waals surface area contributed by atoms with Gasteiger partial charge in [-0.05, 0) is 37.1 Å². The van der Waals surface area contributed by atoms with Crippen LogP contribution in [0.3, 0.4) is 0 Å². The lowest BCUT2D eigenvalue weighted by atomic mass is 10.2. The second-order valence-electron chi connectivity index (χ2n) is 4.07. The van der Waals surface area contributed by atoms with Gasteiger partial charge in [0.05, 0.1) is 20.3 Å². The number of rotatable bonds is 9. The SMILES string of the molecule is COCCOCCCNc1ccc(OC)cc1C. The van der Waals surface area contributed by atoms with Crippen LogP contribution in [-0.4, -0.2) is 40.6 Å². The van der Waals surface area contributed by atoms with E-state index >= 15 is 0 Å². The maximum atomic E-state index is 5.39. The molecule has 0 heterocycles. The first-order valence-corrected chi connectivity index (χ1v) is 6.23. The van der Waals surface area contributed by atoms with Gasteiger partial charge in [-0.1, -0.05) is 0 Å². The standard InChI is InChI=1S/C14H23NO3/c1-12-11-13(17-3)5-6-14(12)15-7-4-8-18-10-9-16-2/h5-6,11,15H,4,7-10H2,1-3H3. The quantitative estimate of drug-likeness (QED) is 0.686. The van der Waals surface area contributed by atoms with Gasteiger partial charge in [-0.15, -0.1) is 0 Å². The van der Waals surface area contributed by atoms with E-state index in [1.165, 1.54) is 5.56 Å². The van der Waals surface area contributed by atoms with Crippen LogP contribution in [0.1, 0.15) is 12.0 Å². The van der Waals surface area contributed by atoms with Crippen molar-refractivity contribution in [2.45, 2.75) is 13.3 Å². The van der Waals surface area contributed by atoms with Crippen LogP contribution in [0, 0.1) is 6.92 Å². The fourth-order valence-electron chi connectivity index (χ4n) is 1.60. The highest BCUT2D eigenvalue weighted by Crippen LogP contribution is 2.20. The molecule has 0 aliphatic rings. The number of nitrogens with one attached hydrogen (secondary N) is 1. The minimum atomic E-state index is 0.658. The van der Waals surface area contributed by atoms with Crippen LogP contribution in [0.2, 0.25) is 0 Å². The number of hydrogen-bond donors (Lipinski definition) is 1. The van der Waals surface area contributed by atoms with E-state index in [1.807, 2.05) is 18.2 Å². The van der Waals surface area contributed by atoms with Crippen molar-refractivity contribution in [1.29, 1.82) is 0 Å². The van der Waals surface area contributed by atoms with Gasteiger partial charge in [0.1, 0.15) is 5.75 Å². The molecule has 4 heteroatoms. The van der Waals surface area contributed by atoms with E-state index in [4.69, 9.17) is 14.2 Å². The Bertz CT molecular complexity index is 342. The summed E-state index contributed by atoms with van der Waals surface area (Å²) in [5.74, 6) is 0.890. The highest BCUT2D eigenvalue weighted by molar-refractivity contribution is 5.53. The third kappa shape index (κ3) is 5.38. The molecule has 0 amide bonds. The summed E-state index contributed by atoms with van der Waals surface area (Å²) in [6, 6.07) is 6.03. The van der Waals surface area contributed by atoms with Crippen molar-refractivity contribution in [2.24, 2.45) is 0 Å². The van der Waals surface area contributed by atoms with Crippen molar-refractivity contribution in [3.63, 3.8) is 0 Å². The summed E-state index contributed by atoms with van der Waals surface area (Å²) < 4.78 is 15.5. The van der Waals surface area contributed by atoms with Gasteiger partial charge >= 0.3 is 0 Å². The summed E-state index contributed by atoms with van der Waals surface area (Å²) >= 11 is 0. The third-order valence-electron chi connectivity index (χ3n) is 2.65. The Morgan fingerprint density at radius 2 is 1.94 bits per heavy atom. The maximum absolute atomic E-state index is 5.39. The Balaban J connectivity index is 2.19. The largest absolute Gasteiger partial charge is 0.497 e. The molecule has 0 aliphatic heterocycles. The highest BCUT2D eigenvalue weighted by Gasteiger charge is 1.99. The molecule has 0 aromatic heterocycles. The fraction of sp³-hybridized carbons (Fsp3) is 0.571. The van der Waals surface area contributed by atoms with Crippen molar-refractivity contribution in [3.8, 4) is 5.75 Å². The molecule has 1 N–H and O–H groups in total. The van der Waals surface area contributed by atoms with E-state index in [2.05, 4.69) is 12.2 Å². The zero-order valence-electron chi connectivity index (χ0n) is 11.5. The molecule has 4 nitrogen and oxygen atoms in total. The number of hydrogen-bond acceptors (Lipinski definition) is 4. The second-order valence-corrected chi connectivity index (χ2v) is 4.07. The Morgan fingerprint density at radius 3 is 2.61 bits per heavy atom. The Kier molecular flexibility index (Phi) is 7.22. The number of ether oxygens (including phenoxy) is 3. The Hall–Kier alpha value is -1.26. The van der Waals surface area contributed by atoms with Gasteiger partial charge < -0.3 is 19.5 Å². The summed E-state index contributed by atoms with van der Waals surface area (Å²) in [5.41, 5.74) is 2.34. The minimum absolute atomic E-state index is 0.658. The summed E-state index contributed by atoms with van der Waals surface area (Å²) in [4.78, 5) is 0. The van der Waals surface area contributed by atoms with Gasteiger partial charge in [0, 0.05) is 25.9 Å². The first kappa shape index (κ1) is 14.8. The fourth-order valence-corrected chi connectivity index (χ4v) is 1.60. The van der Waals surface area contributed by atoms with Crippen molar-refractivity contribution in [2.75, 3.05) is 45.9 Å². The summed E-state index contributed by atoms with van der Waals surface area (Å²) in [5, 5.41) is 3.39. The van der Waals surface area contributed by atoms with Crippen LogP contribution in [0.15, 0.2) is 18.2 Å². The summed E-state index contributed by atoms with van der Waals surface area (Å²) in [6.07, 6.45) is 0.981. The normalized spacial score (nSPS) is 10.4. The van der Waals surface area contributed by atoms with E-state index in [-0.39, 0.29) is 0 Å². The first-order chi connectivity index (χ1) is 8.77. The molecule has 1 aromatic carbocycles. The molecule has 0 unspecified atom stereocenters. The van der Waals surface area contributed by atoms with E-state index in [0.717, 1.165) is 31.0 Å². The average Bonchev–Trinajstić information content (AvgIpc) is 2.39. The molecular formula is C14H23NO3. The number of benzene rings is 1. The molecule has 1 aromatic rings. The molecule has 0 fully saturated rings. The van der Waals surface area contributed by atoms with Gasteiger partial charge in [-0.25, -0.2) is 0 Å². The molecule has 1 rings (SSSR count). The summed E-state index contributed by atoms with van der Waals surface area (Å²) in [6.45, 7) is 5.05. The lowest BCUT2D eigenvalue weighted by Crippen LogP contribution is -2.09. The van der Waals surface area contributed by atoms with E-state index in [0.29, 0.717) is 13.2 Å². The second kappa shape index (κ2) is 8.78. The molecule has 0 radical (unpaired) electrons. The van der Waals surface area contributed by atoms with Crippen LogP contribution in [0.5, 0.6) is 5.75 Å². The maximum Gasteiger partial charge on any atom is 0.119 e. The molecule has 0 saturated heterocycles. The zero-order chi connectivity index (χ0) is 13.2. The molecule has 0 saturated carbocycles. The molecule has 0 spiro atoms. The Labute approximate surface area is 109 Å². The van der Waals surface area contributed by atoms with Crippen LogP contribution < -0.4 is 10.1 Å². The van der Waals surface area contributed by atoms with Crippen LogP contribution in [-0.2, 0) is 9.47 Å². The number of methoxy groups -OCH3 is 2. The van der Waals surface area contributed by atoms with E-state index < -0.39 is 0 Å². The van der Waals surface area contributed by atoms with Crippen LogP contribution in [0.4, 0.5) is 5.69 Å². The molecule has 0 aliphatic carbocycles.